The molecule has 0 spiro atoms. The average Bonchev–Trinajstić information content (AvgIpc) is 2.50. The first kappa shape index (κ1) is 38.6. The largest absolute Gasteiger partial charge is 2.00 e. The maximum absolute atomic E-state index is 8.74. The summed E-state index contributed by atoms with van der Waals surface area (Å²) in [5.41, 5.74) is 1.07. The molecule has 0 aromatic heterocycles. The van der Waals surface area contributed by atoms with Crippen LogP contribution in [0.5, 0.6) is 0 Å². The van der Waals surface area contributed by atoms with Gasteiger partial charge in [-0.3, -0.25) is 9.11 Å². The van der Waals surface area contributed by atoms with Crippen molar-refractivity contribution in [3.63, 3.8) is 0 Å². The molecule has 27 heavy (non-hydrogen) atoms. The van der Waals surface area contributed by atoms with Gasteiger partial charge in [0, 0.05) is 0 Å². The Balaban J connectivity index is -0.0000000928. The van der Waals surface area contributed by atoms with E-state index >= 15 is 0 Å². The van der Waals surface area contributed by atoms with Crippen LogP contribution >= 0.6 is 0 Å². The molecule has 150 valence electrons. The number of hydrogen-bond donors (Lipinski definition) is 2. The zero-order chi connectivity index (χ0) is 18.7. The Hall–Kier alpha value is 1.02. The molecule has 8 heteroatoms. The van der Waals surface area contributed by atoms with Crippen LogP contribution in [-0.4, -0.2) is 40.6 Å². The molecule has 0 aliphatic heterocycles. The second kappa shape index (κ2) is 29.2. The number of rotatable bonds is 9. The molecule has 1 aromatic carbocycles. The monoisotopic (exact) mass is 440 g/mol. The minimum Gasteiger partial charge on any atom is -1.00 e. The second-order valence-corrected chi connectivity index (χ2v) is 6.51. The van der Waals surface area contributed by atoms with Crippen LogP contribution < -0.4 is 42.0 Å². The fourth-order valence-corrected chi connectivity index (χ4v) is 1.97. The summed E-state index contributed by atoms with van der Waals surface area (Å²) in [5, 5.41) is 0. The molecule has 0 aliphatic rings. The third-order valence-corrected chi connectivity index (χ3v) is 3.20. The number of hydrogen-bond acceptors (Lipinski definition) is 2. The topological polar surface area (TPSA) is 74.6 Å². The Morgan fingerprint density at radius 2 is 1.19 bits per heavy atom. The Labute approximate surface area is 212 Å². The van der Waals surface area contributed by atoms with E-state index in [1.807, 2.05) is 30.3 Å². The van der Waals surface area contributed by atoms with Gasteiger partial charge < -0.3 is 19.3 Å². The fourth-order valence-electron chi connectivity index (χ4n) is 1.97. The normalized spacial score (nSPS) is 9.04. The summed E-state index contributed by atoms with van der Waals surface area (Å²) in [6.45, 7) is 9.84. The van der Waals surface area contributed by atoms with E-state index < -0.39 is 10.4 Å². The van der Waals surface area contributed by atoms with Crippen LogP contribution in [0.25, 0.3) is 0 Å². The maximum atomic E-state index is 8.74. The predicted octanol–water partition coefficient (Wildman–Crippen LogP) is -0.415. The molecule has 4 nitrogen and oxygen atoms in total. The van der Waals surface area contributed by atoms with Crippen molar-refractivity contribution in [1.29, 1.82) is 0 Å². The van der Waals surface area contributed by atoms with Crippen LogP contribution in [0.3, 0.4) is 0 Å². The molecule has 0 saturated carbocycles. The minimum absolute atomic E-state index is 0. The Morgan fingerprint density at radius 1 is 0.852 bits per heavy atom. The van der Waals surface area contributed by atoms with Crippen LogP contribution in [0.15, 0.2) is 30.3 Å². The van der Waals surface area contributed by atoms with Gasteiger partial charge in [0.15, 0.2) is 0 Å². The summed E-state index contributed by atoms with van der Waals surface area (Å²) < 4.78 is 31.6. The Morgan fingerprint density at radius 3 is 1.44 bits per heavy atom. The van der Waals surface area contributed by atoms with Gasteiger partial charge in [0.25, 0.3) is 0 Å². The summed E-state index contributed by atoms with van der Waals surface area (Å²) in [6, 6.07) is 9.87. The first-order valence-corrected chi connectivity index (χ1v) is 10.1. The van der Waals surface area contributed by atoms with Gasteiger partial charge in [-0.15, -0.1) is 12.1 Å². The van der Waals surface area contributed by atoms with E-state index in [1.165, 1.54) is 57.8 Å². The van der Waals surface area contributed by atoms with E-state index in [4.69, 9.17) is 17.5 Å². The van der Waals surface area contributed by atoms with Crippen molar-refractivity contribution in [2.45, 2.75) is 71.1 Å². The predicted molar refractivity (Wildman–Crippen MR) is 108 cm³/mol. The van der Waals surface area contributed by atoms with Crippen molar-refractivity contribution in [3.8, 4) is 0 Å². The summed E-state index contributed by atoms with van der Waals surface area (Å²) in [7, 11) is -4.67. The van der Waals surface area contributed by atoms with Gasteiger partial charge in [-0.2, -0.15) is 39.5 Å². The van der Waals surface area contributed by atoms with Crippen LogP contribution in [0.2, 0.25) is 0 Å². The standard InChI is InChI=1S/C12H25.C7H7.ClH.Mg.Na.H2O4S/c1-3-5-7-9-11-12-10-8-6-4-2;1-7-5-3-2-4-6-7;;;;1-5(2,3)4/h1,3-12H2,2H3;2-6H,1H2;1H;;;(H2,1,2,3,4)/q2*-1;;+2;+1;/p-1. The van der Waals surface area contributed by atoms with Gasteiger partial charge in [0.2, 0.25) is 0 Å². The van der Waals surface area contributed by atoms with Crippen LogP contribution in [0.4, 0.5) is 0 Å². The SMILES string of the molecule is O=S(=O)(O)O.[CH2-]CCCCCCCCCCC.[CH2-]c1ccccc1.[Cl-].[Mg+2].[Na+]. The van der Waals surface area contributed by atoms with E-state index in [0.29, 0.717) is 0 Å². The first-order chi connectivity index (χ1) is 11.3. The average molecular weight is 441 g/mol. The van der Waals surface area contributed by atoms with Crippen molar-refractivity contribution < 1.29 is 59.5 Å². The summed E-state index contributed by atoms with van der Waals surface area (Å²) in [4.78, 5) is 0. The Bertz CT molecular complexity index is 444. The van der Waals surface area contributed by atoms with Gasteiger partial charge in [-0.25, -0.2) is 0 Å². The van der Waals surface area contributed by atoms with Crippen LogP contribution in [0.1, 0.15) is 76.7 Å². The van der Waals surface area contributed by atoms with E-state index in [-0.39, 0.29) is 65.0 Å². The molecule has 2 N–H and O–H groups in total. The molecular weight excluding hydrogens is 407 g/mol. The van der Waals surface area contributed by atoms with Gasteiger partial charge in [0.05, 0.1) is 0 Å². The quantitative estimate of drug-likeness (QED) is 0.237. The zero-order valence-corrected chi connectivity index (χ0v) is 22.1. The van der Waals surface area contributed by atoms with E-state index in [2.05, 4.69) is 20.8 Å². The third kappa shape index (κ3) is 52.1. The smallest absolute Gasteiger partial charge is 1.00 e. The van der Waals surface area contributed by atoms with E-state index in [1.54, 1.807) is 0 Å². The molecule has 0 saturated heterocycles. The van der Waals surface area contributed by atoms with Crippen molar-refractivity contribution in [2.75, 3.05) is 0 Å². The van der Waals surface area contributed by atoms with E-state index in [9.17, 15) is 0 Å². The molecule has 0 bridgehead atoms. The van der Waals surface area contributed by atoms with Gasteiger partial charge in [-0.1, -0.05) is 70.8 Å². The van der Waals surface area contributed by atoms with Crippen molar-refractivity contribution in [2.24, 2.45) is 0 Å². The molecule has 0 atom stereocenters. The molecule has 0 unspecified atom stereocenters. The minimum atomic E-state index is -4.67. The molecular formula is C19H34ClMgNaO4S. The third-order valence-electron chi connectivity index (χ3n) is 3.20. The van der Waals surface area contributed by atoms with Crippen LogP contribution in [-0.2, 0) is 10.4 Å². The summed E-state index contributed by atoms with van der Waals surface area (Å²) >= 11 is 0. The fraction of sp³-hybridized carbons (Fsp3) is 0.579. The Kier molecular flexibility index (Phi) is 41.8. The zero-order valence-electron chi connectivity index (χ0n) is 17.1. The van der Waals surface area contributed by atoms with Crippen molar-refractivity contribution >= 4 is 33.5 Å². The molecule has 0 radical (unpaired) electrons. The number of benzene rings is 1. The summed E-state index contributed by atoms with van der Waals surface area (Å²) in [6.07, 6.45) is 13.9. The van der Waals surface area contributed by atoms with Crippen LogP contribution in [0, 0.1) is 13.8 Å². The maximum Gasteiger partial charge on any atom is 2.00 e. The van der Waals surface area contributed by atoms with Crippen molar-refractivity contribution in [3.05, 3.63) is 49.7 Å². The van der Waals surface area contributed by atoms with E-state index in [0.717, 1.165) is 12.0 Å². The molecule has 0 amide bonds. The molecule has 0 heterocycles. The molecule has 0 aliphatic carbocycles. The second-order valence-electron chi connectivity index (χ2n) is 5.62. The number of halogens is 1. The summed E-state index contributed by atoms with van der Waals surface area (Å²) in [5.74, 6) is 0. The van der Waals surface area contributed by atoms with Gasteiger partial charge in [-0.05, 0) is 0 Å². The van der Waals surface area contributed by atoms with Crippen molar-refractivity contribution in [1.82, 2.24) is 0 Å². The molecule has 1 aromatic rings. The number of unbranched alkanes of at least 4 members (excludes halogenated alkanes) is 9. The molecule has 0 fully saturated rings. The van der Waals surface area contributed by atoms with Gasteiger partial charge >= 0.3 is 63.0 Å². The molecule has 1 rings (SSSR count). The first-order valence-electron chi connectivity index (χ1n) is 8.67. The van der Waals surface area contributed by atoms with Gasteiger partial charge in [0.1, 0.15) is 0 Å².